The van der Waals surface area contributed by atoms with E-state index in [4.69, 9.17) is 18.9 Å². The second-order valence-corrected chi connectivity index (χ2v) is 50.0. The van der Waals surface area contributed by atoms with Gasteiger partial charge in [-0.15, -0.1) is 45.3 Å². The van der Waals surface area contributed by atoms with Gasteiger partial charge in [0.2, 0.25) is 5.78 Å². The van der Waals surface area contributed by atoms with Gasteiger partial charge in [0.05, 0.1) is 32.8 Å². The van der Waals surface area contributed by atoms with Crippen LogP contribution in [0.1, 0.15) is 296 Å². The van der Waals surface area contributed by atoms with Gasteiger partial charge >= 0.3 is 17.8 Å². The van der Waals surface area contributed by atoms with Crippen molar-refractivity contribution < 1.29 is 69.3 Å². The summed E-state index contributed by atoms with van der Waals surface area (Å²) in [6, 6.07) is 53.0. The van der Waals surface area contributed by atoms with E-state index in [2.05, 4.69) is 163 Å². The Balaban J connectivity index is 0.882. The number of carbonyl (C=O) groups is 5. The third kappa shape index (κ3) is 17.6. The van der Waals surface area contributed by atoms with Crippen molar-refractivity contribution in [2.75, 3.05) is 4.90 Å². The summed E-state index contributed by atoms with van der Waals surface area (Å²) in [5.74, 6) is -17.4. The average Bonchev–Trinajstić information content (AvgIpc) is 1.47. The summed E-state index contributed by atoms with van der Waals surface area (Å²) >= 11 is 4.33. The number of fused-ring (bicyclic) bond motifs is 2. The van der Waals surface area contributed by atoms with Crippen molar-refractivity contribution in [3.05, 3.63) is 263 Å². The van der Waals surface area contributed by atoms with Crippen LogP contribution in [0.2, 0.25) is 0 Å². The minimum atomic E-state index is -5.79. The Kier molecular flexibility index (Phi) is 24.2. The van der Waals surface area contributed by atoms with Crippen LogP contribution in [0, 0.1) is 42.4 Å². The Labute approximate surface area is 815 Å². The summed E-state index contributed by atoms with van der Waals surface area (Å²) in [7, 11) is 0. The number of rotatable bonds is 26. The molecule has 0 spiro atoms. The van der Waals surface area contributed by atoms with E-state index in [0.29, 0.717) is 88.2 Å². The summed E-state index contributed by atoms with van der Waals surface area (Å²) < 4.78 is 128. The molecule has 0 N–H and O–H groups in total. The van der Waals surface area contributed by atoms with E-state index in [0.717, 1.165) is 91.7 Å². The number of thiophene rings is 4. The second kappa shape index (κ2) is 34.1. The molecule has 21 heteroatoms. The van der Waals surface area contributed by atoms with Gasteiger partial charge in [-0.1, -0.05) is 201 Å². The average molecular weight is 1930 g/mol. The monoisotopic (exact) mass is 1920 g/mol. The fourth-order valence-electron chi connectivity index (χ4n) is 22.4. The van der Waals surface area contributed by atoms with Crippen LogP contribution in [-0.2, 0) is 21.7 Å². The number of amides is 4. The third-order valence-electron chi connectivity index (χ3n) is 27.1. The number of ketones is 1. The molecule has 4 amide bonds. The molecular weight excluding hydrogens is 1810 g/mol. The third-order valence-corrected chi connectivity index (χ3v) is 31.6. The first kappa shape index (κ1) is 97.4. The molecule has 0 saturated carbocycles. The Bertz CT molecular complexity index is 6980. The van der Waals surface area contributed by atoms with Crippen LogP contribution in [0.5, 0.6) is 46.0 Å². The van der Waals surface area contributed by atoms with Gasteiger partial charge in [-0.2, -0.15) is 26.3 Å². The number of ether oxygens (including phenoxy) is 4. The summed E-state index contributed by atoms with van der Waals surface area (Å²) in [6.45, 7) is 53.0. The number of aryl methyl sites for hydroxylation is 3. The lowest BCUT2D eigenvalue weighted by atomic mass is 9.72. The van der Waals surface area contributed by atoms with Crippen LogP contribution < -0.4 is 23.8 Å². The van der Waals surface area contributed by atoms with E-state index >= 15 is 50.3 Å². The fraction of sp³-hybridized carbons (Fsp3) is 0.371. The van der Waals surface area contributed by atoms with Gasteiger partial charge in [-0.3, -0.25) is 28.9 Å². The van der Waals surface area contributed by atoms with Crippen LogP contribution in [0.15, 0.2) is 182 Å². The maximum Gasteiger partial charge on any atom is 0.380 e. The van der Waals surface area contributed by atoms with Gasteiger partial charge in [-0.05, 0) is 269 Å². The molecule has 0 bridgehead atoms. The number of carbonyl (C=O) groups excluding carboxylic acids is 5. The molecule has 0 fully saturated rings. The molecule has 10 aromatic carbocycles. The van der Waals surface area contributed by atoms with Crippen molar-refractivity contribution in [3.63, 3.8) is 0 Å². The van der Waals surface area contributed by atoms with Crippen molar-refractivity contribution in [2.24, 2.45) is 21.7 Å². The van der Waals surface area contributed by atoms with Gasteiger partial charge < -0.3 is 18.9 Å². The van der Waals surface area contributed by atoms with Crippen LogP contribution >= 0.6 is 45.3 Å². The van der Waals surface area contributed by atoms with Crippen molar-refractivity contribution >= 4 is 135 Å². The first-order chi connectivity index (χ1) is 63.8. The zero-order chi connectivity index (χ0) is 99.2. The lowest BCUT2D eigenvalue weighted by molar-refractivity contribution is -0.254. The molecule has 0 atom stereocenters. The first-order valence-corrected chi connectivity index (χ1v) is 50.3. The minimum absolute atomic E-state index is 0.0198. The molecule has 4 aromatic heterocycles. The highest BCUT2D eigenvalue weighted by Gasteiger charge is 2.80. The molecule has 14 aromatic rings. The van der Waals surface area contributed by atoms with E-state index in [1.165, 1.54) is 72.5 Å². The van der Waals surface area contributed by atoms with E-state index in [-0.39, 0.29) is 125 Å². The van der Waals surface area contributed by atoms with Crippen LogP contribution in [0.4, 0.5) is 32.0 Å². The highest BCUT2D eigenvalue weighted by molar-refractivity contribution is 7.23. The summed E-state index contributed by atoms with van der Waals surface area (Å²) in [6.07, 6.45) is 4.30. The SMILES string of the molecule is CCC(CC)N1C(=O)c2cc(Oc3ccc(C(C)(C)CC(C)(C)C)cc3)c3c4c(Oc5ccc(C(C)(C)CC(C)(C)C)cc5)cc5c6c(cc(Oc7ccc(C(C)(C)CC(C)(C)C)cc7)c(c7c(Oc8ccc(C(C)(C)CC(C)(C)C)cc8)cc(c2c37)C1=O)c64)C(=O)N(c1ccc(C(=O)c2ccc(-c3cc(C4=C(c6cc(-c7ccc(C)s7)sc6C)C(F)(F)C(F)(F)C4(F)F)c(C)s3)s2)cc1)C5=O. The number of halogens is 6. The number of alkyl halides is 6. The molecule has 11 nitrogen and oxygen atoms in total. The molecule has 0 saturated heterocycles. The van der Waals surface area contributed by atoms with E-state index in [9.17, 15) is 0 Å². The largest absolute Gasteiger partial charge is 0.457 e. The number of nitrogens with zero attached hydrogens (tertiary/aromatic N) is 2. The molecular formula is C116H118F6N2O9S4. The number of hydrogen-bond donors (Lipinski definition) is 0. The van der Waals surface area contributed by atoms with Crippen molar-refractivity contribution in [1.82, 2.24) is 4.90 Å². The van der Waals surface area contributed by atoms with E-state index in [1.54, 1.807) is 36.4 Å². The van der Waals surface area contributed by atoms with Crippen molar-refractivity contribution in [1.29, 1.82) is 0 Å². The van der Waals surface area contributed by atoms with Gasteiger partial charge in [0.1, 0.15) is 46.0 Å². The molecule has 1 aliphatic carbocycles. The lowest BCUT2D eigenvalue weighted by Gasteiger charge is -2.35. The van der Waals surface area contributed by atoms with Gasteiger partial charge in [0.25, 0.3) is 23.6 Å². The standard InChI is InChI=1S/C116H118F6N2O9S4/c1-26-70(27-2)123-102(126)78-52-82(130-72-41-31-66(32-42-72)110(18,19)58-106(6,7)8)93-95-84(132-74-45-35-68(36-46-74)112(22,23)60-108(12,13)14)54-80-92-81(55-85(133-75-47-37-69(38-48-75)113(24,25)61-109(15,16)17)96(98(92)95)94-83(53-79(103(123)127)91(78)97(93)94)131-73-43-33-67(34-44-73)111(20,21)59-107(9,10)11)105(129)124(104(80)128)71-39-29-65(30-40-71)101(125)88-51-50-87(137-88)90-57-77(64(5)136-90)100-99(114(117,118)116(121,122)115(100,119)120)76-56-89(135-63(76)4)86-49-28-62(3)134-86/h28-57,70H,26-27,58-61H2,1-25H3. The van der Waals surface area contributed by atoms with Crippen LogP contribution in [-0.4, -0.2) is 58.1 Å². The highest BCUT2D eigenvalue weighted by atomic mass is 32.1. The quantitative estimate of drug-likeness (QED) is 0.0171. The first-order valence-electron chi connectivity index (χ1n) is 47.0. The van der Waals surface area contributed by atoms with E-state index < -0.39 is 75.5 Å². The topological polar surface area (TPSA) is 129 Å². The van der Waals surface area contributed by atoms with Gasteiger partial charge in [0.15, 0.2) is 0 Å². The molecule has 0 unspecified atom stereocenters. The molecule has 17 rings (SSSR count). The van der Waals surface area contributed by atoms with Gasteiger partial charge in [-0.25, -0.2) is 4.90 Å². The van der Waals surface area contributed by atoms with Crippen LogP contribution in [0.25, 0.3) is 73.7 Å². The smallest absolute Gasteiger partial charge is 0.380 e. The van der Waals surface area contributed by atoms with Crippen LogP contribution in [0.3, 0.4) is 0 Å². The number of allylic oxidation sites excluding steroid dienone is 2. The molecule has 3 aliphatic rings. The Morgan fingerprint density at radius 3 is 0.927 bits per heavy atom. The number of anilines is 1. The van der Waals surface area contributed by atoms with Gasteiger partial charge in [0, 0.05) is 100.0 Å². The van der Waals surface area contributed by atoms with Crippen molar-refractivity contribution in [2.45, 2.75) is 257 Å². The van der Waals surface area contributed by atoms with E-state index in [1.807, 2.05) is 99.6 Å². The second-order valence-electron chi connectivity index (χ2n) is 45.2. The number of hydrogen-bond acceptors (Lipinski definition) is 13. The summed E-state index contributed by atoms with van der Waals surface area (Å²) in [5.41, 5.74) is -0.269. The highest BCUT2D eigenvalue weighted by Crippen LogP contribution is 2.67. The number of benzene rings is 10. The number of imide groups is 2. The molecule has 2 aliphatic heterocycles. The fourth-order valence-corrected chi connectivity index (χ4v) is 26.4. The maximum atomic E-state index is 16.8. The Morgan fingerprint density at radius 2 is 0.635 bits per heavy atom. The Hall–Kier alpha value is -11.2. The molecule has 712 valence electrons. The zero-order valence-electron chi connectivity index (χ0n) is 82.6. The normalized spacial score (nSPS) is 15.6. The van der Waals surface area contributed by atoms with Crippen molar-refractivity contribution in [3.8, 4) is 65.5 Å². The zero-order valence-corrected chi connectivity index (χ0v) is 85.9. The molecule has 0 radical (unpaired) electrons. The maximum absolute atomic E-state index is 16.8. The predicted octanol–water partition coefficient (Wildman–Crippen LogP) is 34.9. The lowest BCUT2D eigenvalue weighted by Crippen LogP contribution is -2.48. The molecule has 137 heavy (non-hydrogen) atoms. The summed E-state index contributed by atoms with van der Waals surface area (Å²) in [4.78, 5) is 86.6. The predicted molar refractivity (Wildman–Crippen MR) is 549 cm³/mol. The Morgan fingerprint density at radius 1 is 0.336 bits per heavy atom. The molecule has 6 heterocycles. The summed E-state index contributed by atoms with van der Waals surface area (Å²) in [5, 5.41) is 2.55. The minimum Gasteiger partial charge on any atom is -0.457 e.